The summed E-state index contributed by atoms with van der Waals surface area (Å²) in [5.74, 6) is -0.669. The number of rotatable bonds is 6. The van der Waals surface area contributed by atoms with E-state index in [9.17, 15) is 9.59 Å². The van der Waals surface area contributed by atoms with Gasteiger partial charge in [-0.1, -0.05) is 54.6 Å². The van der Waals surface area contributed by atoms with Crippen molar-refractivity contribution in [2.24, 2.45) is 5.10 Å². The Balaban J connectivity index is 1.73. The fourth-order valence-corrected chi connectivity index (χ4v) is 1.99. The SMILES string of the molecule is Cc1ccccc1C(=O)NCC(=O)N/N=C/C=C/c1ccccc1. The molecule has 5 heteroatoms. The molecular weight excluding hydrogens is 302 g/mol. The summed E-state index contributed by atoms with van der Waals surface area (Å²) in [4.78, 5) is 23.6. The van der Waals surface area contributed by atoms with Crippen molar-refractivity contribution in [3.05, 3.63) is 77.4 Å². The maximum absolute atomic E-state index is 12.0. The molecule has 0 atom stereocenters. The highest BCUT2D eigenvalue weighted by molar-refractivity contribution is 5.97. The molecule has 0 saturated heterocycles. The van der Waals surface area contributed by atoms with Gasteiger partial charge in [-0.2, -0.15) is 5.10 Å². The number of carbonyl (C=O) groups is 2. The number of nitrogens with zero attached hydrogens (tertiary/aromatic N) is 1. The van der Waals surface area contributed by atoms with Crippen LogP contribution in [0.25, 0.3) is 6.08 Å². The highest BCUT2D eigenvalue weighted by atomic mass is 16.2. The number of hydrogen-bond donors (Lipinski definition) is 2. The van der Waals surface area contributed by atoms with Gasteiger partial charge in [-0.15, -0.1) is 0 Å². The van der Waals surface area contributed by atoms with Crippen LogP contribution in [0.2, 0.25) is 0 Å². The number of benzene rings is 2. The van der Waals surface area contributed by atoms with E-state index in [1.165, 1.54) is 6.21 Å². The Bertz CT molecular complexity index is 752. The second kappa shape index (κ2) is 9.05. The lowest BCUT2D eigenvalue weighted by Gasteiger charge is -2.06. The summed E-state index contributed by atoms with van der Waals surface area (Å²) in [6.07, 6.45) is 5.07. The molecule has 0 radical (unpaired) electrons. The highest BCUT2D eigenvalue weighted by Crippen LogP contribution is 2.06. The van der Waals surface area contributed by atoms with Crippen LogP contribution in [-0.4, -0.2) is 24.6 Å². The summed E-state index contributed by atoms with van der Waals surface area (Å²) in [6, 6.07) is 17.0. The number of allylic oxidation sites excluding steroid dienone is 1. The van der Waals surface area contributed by atoms with Crippen LogP contribution in [-0.2, 0) is 4.79 Å². The van der Waals surface area contributed by atoms with Crippen molar-refractivity contribution >= 4 is 24.1 Å². The number of hydrogen-bond acceptors (Lipinski definition) is 3. The lowest BCUT2D eigenvalue weighted by Crippen LogP contribution is -2.35. The zero-order valence-electron chi connectivity index (χ0n) is 13.4. The van der Waals surface area contributed by atoms with E-state index >= 15 is 0 Å². The second-order valence-corrected chi connectivity index (χ2v) is 5.08. The minimum absolute atomic E-state index is 0.132. The summed E-state index contributed by atoms with van der Waals surface area (Å²) in [5, 5.41) is 6.36. The number of hydrazone groups is 1. The van der Waals surface area contributed by atoms with Crippen LogP contribution in [0.1, 0.15) is 21.5 Å². The van der Waals surface area contributed by atoms with Gasteiger partial charge in [-0.25, -0.2) is 5.43 Å². The lowest BCUT2D eigenvalue weighted by molar-refractivity contribution is -0.120. The van der Waals surface area contributed by atoms with Crippen LogP contribution in [0.5, 0.6) is 0 Å². The minimum Gasteiger partial charge on any atom is -0.343 e. The second-order valence-electron chi connectivity index (χ2n) is 5.08. The molecule has 0 aliphatic carbocycles. The van der Waals surface area contributed by atoms with Gasteiger partial charge in [-0.05, 0) is 30.2 Å². The van der Waals surface area contributed by atoms with E-state index < -0.39 is 0 Å². The third-order valence-corrected chi connectivity index (χ3v) is 3.24. The van der Waals surface area contributed by atoms with Crippen molar-refractivity contribution in [3.63, 3.8) is 0 Å². The molecule has 0 fully saturated rings. The molecule has 0 heterocycles. The van der Waals surface area contributed by atoms with Gasteiger partial charge in [0.1, 0.15) is 0 Å². The molecule has 0 aliphatic heterocycles. The predicted molar refractivity (Wildman–Crippen MR) is 95.6 cm³/mol. The van der Waals surface area contributed by atoms with Crippen LogP contribution >= 0.6 is 0 Å². The maximum atomic E-state index is 12.0. The summed E-state index contributed by atoms with van der Waals surface area (Å²) in [5.41, 5.74) is 4.81. The Labute approximate surface area is 141 Å². The zero-order valence-corrected chi connectivity index (χ0v) is 13.4. The molecule has 5 nitrogen and oxygen atoms in total. The molecule has 2 amide bonds. The summed E-state index contributed by atoms with van der Waals surface area (Å²) < 4.78 is 0. The van der Waals surface area contributed by atoms with E-state index in [0.717, 1.165) is 11.1 Å². The molecule has 0 aromatic heterocycles. The first-order valence-corrected chi connectivity index (χ1v) is 7.54. The van der Waals surface area contributed by atoms with Crippen molar-refractivity contribution in [2.75, 3.05) is 6.54 Å². The first-order chi connectivity index (χ1) is 11.7. The van der Waals surface area contributed by atoms with Crippen molar-refractivity contribution in [3.8, 4) is 0 Å². The van der Waals surface area contributed by atoms with E-state index in [2.05, 4.69) is 15.8 Å². The van der Waals surface area contributed by atoms with Gasteiger partial charge in [-0.3, -0.25) is 9.59 Å². The fraction of sp³-hybridized carbons (Fsp3) is 0.105. The molecular formula is C19H19N3O2. The molecule has 2 aromatic rings. The van der Waals surface area contributed by atoms with E-state index in [-0.39, 0.29) is 18.4 Å². The van der Waals surface area contributed by atoms with Crippen LogP contribution < -0.4 is 10.7 Å². The number of aryl methyl sites for hydroxylation is 1. The Kier molecular flexibility index (Phi) is 6.46. The molecule has 2 N–H and O–H groups in total. The van der Waals surface area contributed by atoms with Gasteiger partial charge < -0.3 is 5.32 Å². The van der Waals surface area contributed by atoms with Crippen molar-refractivity contribution in [1.82, 2.24) is 10.7 Å². The molecule has 0 aliphatic rings. The van der Waals surface area contributed by atoms with E-state index in [1.807, 2.05) is 55.5 Å². The average Bonchev–Trinajstić information content (AvgIpc) is 2.60. The molecule has 2 rings (SSSR count). The molecule has 0 saturated carbocycles. The molecule has 122 valence electrons. The van der Waals surface area contributed by atoms with Crippen LogP contribution in [0.15, 0.2) is 65.8 Å². The Morgan fingerprint density at radius 3 is 2.50 bits per heavy atom. The van der Waals surface area contributed by atoms with Gasteiger partial charge >= 0.3 is 0 Å². The third-order valence-electron chi connectivity index (χ3n) is 3.24. The lowest BCUT2D eigenvalue weighted by atomic mass is 10.1. The van der Waals surface area contributed by atoms with Gasteiger partial charge in [0.25, 0.3) is 11.8 Å². The quantitative estimate of drug-likeness (QED) is 0.634. The predicted octanol–water partition coefficient (Wildman–Crippen LogP) is 2.54. The fourth-order valence-electron chi connectivity index (χ4n) is 1.99. The summed E-state index contributed by atoms with van der Waals surface area (Å²) in [7, 11) is 0. The standard InChI is InChI=1S/C19H19N3O2/c1-15-8-5-6-12-17(15)19(24)20-14-18(23)22-21-13-7-11-16-9-3-2-4-10-16/h2-13H,14H2,1H3,(H,20,24)(H,22,23)/b11-7+,21-13+. The van der Waals surface area contributed by atoms with Gasteiger partial charge in [0.05, 0.1) is 6.54 Å². The van der Waals surface area contributed by atoms with Crippen molar-refractivity contribution in [2.45, 2.75) is 6.92 Å². The molecule has 0 spiro atoms. The normalized spacial score (nSPS) is 10.9. The largest absolute Gasteiger partial charge is 0.343 e. The average molecular weight is 321 g/mol. The van der Waals surface area contributed by atoms with Gasteiger partial charge in [0.2, 0.25) is 0 Å². The van der Waals surface area contributed by atoms with Crippen molar-refractivity contribution < 1.29 is 9.59 Å². The first-order valence-electron chi connectivity index (χ1n) is 7.54. The van der Waals surface area contributed by atoms with Gasteiger partial charge in [0, 0.05) is 11.8 Å². The number of nitrogens with one attached hydrogen (secondary N) is 2. The molecule has 24 heavy (non-hydrogen) atoms. The van der Waals surface area contributed by atoms with E-state index in [4.69, 9.17) is 0 Å². The van der Waals surface area contributed by atoms with Gasteiger partial charge in [0.15, 0.2) is 0 Å². The third kappa shape index (κ3) is 5.53. The zero-order chi connectivity index (χ0) is 17.2. The van der Waals surface area contributed by atoms with Crippen molar-refractivity contribution in [1.29, 1.82) is 0 Å². The van der Waals surface area contributed by atoms with E-state index in [0.29, 0.717) is 5.56 Å². The smallest absolute Gasteiger partial charge is 0.259 e. The monoisotopic (exact) mass is 321 g/mol. The number of amides is 2. The molecule has 0 bridgehead atoms. The number of carbonyl (C=O) groups excluding carboxylic acids is 2. The highest BCUT2D eigenvalue weighted by Gasteiger charge is 2.09. The molecule has 0 unspecified atom stereocenters. The Hall–Kier alpha value is -3.21. The summed E-state index contributed by atoms with van der Waals surface area (Å²) in [6.45, 7) is 1.71. The topological polar surface area (TPSA) is 70.6 Å². The Morgan fingerprint density at radius 2 is 1.75 bits per heavy atom. The molecule has 2 aromatic carbocycles. The maximum Gasteiger partial charge on any atom is 0.259 e. The van der Waals surface area contributed by atoms with E-state index in [1.54, 1.807) is 18.2 Å². The Morgan fingerprint density at radius 1 is 1.04 bits per heavy atom. The summed E-state index contributed by atoms with van der Waals surface area (Å²) >= 11 is 0. The van der Waals surface area contributed by atoms with Crippen LogP contribution in [0.4, 0.5) is 0 Å². The first kappa shape index (κ1) is 17.1. The van der Waals surface area contributed by atoms with Crippen LogP contribution in [0.3, 0.4) is 0 Å². The van der Waals surface area contributed by atoms with Crippen LogP contribution in [0, 0.1) is 6.92 Å². The minimum atomic E-state index is -0.388.